The molecule has 0 unspecified atom stereocenters. The normalized spacial score (nSPS) is 10.4. The van der Waals surface area contributed by atoms with Gasteiger partial charge >= 0.3 is 5.97 Å². The molecule has 6 nitrogen and oxygen atoms in total. The molecule has 6 heteroatoms. The van der Waals surface area contributed by atoms with Crippen LogP contribution in [0, 0.1) is 0 Å². The van der Waals surface area contributed by atoms with Gasteiger partial charge in [0.2, 0.25) is 0 Å². The van der Waals surface area contributed by atoms with Crippen LogP contribution in [0.2, 0.25) is 0 Å². The molecule has 0 aliphatic rings. The average molecular weight is 260 g/mol. The van der Waals surface area contributed by atoms with Gasteiger partial charge in [0.05, 0.1) is 13.0 Å². The molecule has 0 spiro atoms. The summed E-state index contributed by atoms with van der Waals surface area (Å²) in [6, 6.07) is 9.71. The number of carbonyl (C=O) groups is 1. The van der Waals surface area contributed by atoms with Crippen LogP contribution >= 0.6 is 0 Å². The zero-order valence-electron chi connectivity index (χ0n) is 10.7. The summed E-state index contributed by atoms with van der Waals surface area (Å²) in [4.78, 5) is 16.9. The van der Waals surface area contributed by atoms with Crippen molar-refractivity contribution in [2.45, 2.75) is 13.0 Å². The minimum Gasteiger partial charge on any atom is -0.481 e. The summed E-state index contributed by atoms with van der Waals surface area (Å²) in [5.74, 6) is -0.00635. The van der Waals surface area contributed by atoms with Crippen LogP contribution in [-0.4, -0.2) is 32.4 Å². The molecule has 19 heavy (non-hydrogen) atoms. The van der Waals surface area contributed by atoms with Crippen LogP contribution in [0.1, 0.15) is 12.2 Å². The van der Waals surface area contributed by atoms with Gasteiger partial charge in [0, 0.05) is 19.3 Å². The average Bonchev–Trinajstić information content (AvgIpc) is 2.81. The predicted molar refractivity (Wildman–Crippen MR) is 70.7 cm³/mol. The molecule has 1 aromatic heterocycles. The number of benzene rings is 1. The number of anilines is 1. The number of aliphatic carboxylic acids is 1. The molecule has 2 aromatic rings. The van der Waals surface area contributed by atoms with Crippen LogP contribution in [0.3, 0.4) is 0 Å². The Labute approximate surface area is 111 Å². The second-order valence-electron chi connectivity index (χ2n) is 4.20. The van der Waals surface area contributed by atoms with Crippen LogP contribution in [0.25, 0.3) is 0 Å². The first-order valence-corrected chi connectivity index (χ1v) is 6.01. The minimum atomic E-state index is -0.807. The molecule has 0 saturated carbocycles. The van der Waals surface area contributed by atoms with E-state index in [1.165, 1.54) is 6.33 Å². The lowest BCUT2D eigenvalue weighted by Crippen LogP contribution is -2.27. The van der Waals surface area contributed by atoms with E-state index in [4.69, 9.17) is 5.11 Å². The van der Waals surface area contributed by atoms with Crippen LogP contribution in [0.15, 0.2) is 36.7 Å². The monoisotopic (exact) mass is 260 g/mol. The first-order chi connectivity index (χ1) is 9.16. The Balaban J connectivity index is 2.15. The number of carboxylic acid groups (broad SMARTS) is 1. The van der Waals surface area contributed by atoms with Crippen molar-refractivity contribution in [1.82, 2.24) is 14.8 Å². The Morgan fingerprint density at radius 3 is 2.68 bits per heavy atom. The molecule has 2 rings (SSSR count). The largest absolute Gasteiger partial charge is 0.481 e. The number of carboxylic acids is 1. The minimum absolute atomic E-state index is 0.0900. The smallest absolute Gasteiger partial charge is 0.305 e. The van der Waals surface area contributed by atoms with Gasteiger partial charge in [0.15, 0.2) is 0 Å². The van der Waals surface area contributed by atoms with Crippen LogP contribution in [0.4, 0.5) is 5.69 Å². The van der Waals surface area contributed by atoms with Crippen LogP contribution < -0.4 is 4.90 Å². The molecular weight excluding hydrogens is 244 g/mol. The van der Waals surface area contributed by atoms with Crippen molar-refractivity contribution >= 4 is 11.7 Å². The zero-order valence-corrected chi connectivity index (χ0v) is 10.7. The lowest BCUT2D eigenvalue weighted by atomic mass is 10.2. The number of aromatic nitrogens is 3. The van der Waals surface area contributed by atoms with Crippen molar-refractivity contribution < 1.29 is 9.90 Å². The van der Waals surface area contributed by atoms with E-state index >= 15 is 0 Å². The number of para-hydroxylation sites is 1. The molecule has 0 fully saturated rings. The second-order valence-corrected chi connectivity index (χ2v) is 4.20. The van der Waals surface area contributed by atoms with Gasteiger partial charge in [-0.05, 0) is 12.1 Å². The third kappa shape index (κ3) is 3.54. The van der Waals surface area contributed by atoms with Gasteiger partial charge in [0.1, 0.15) is 12.2 Å². The van der Waals surface area contributed by atoms with E-state index in [9.17, 15) is 4.79 Å². The number of nitrogens with zero attached hydrogens (tertiary/aromatic N) is 4. The van der Waals surface area contributed by atoms with E-state index in [0.717, 1.165) is 11.5 Å². The summed E-state index contributed by atoms with van der Waals surface area (Å²) >= 11 is 0. The Hall–Kier alpha value is -2.37. The van der Waals surface area contributed by atoms with E-state index in [-0.39, 0.29) is 6.42 Å². The highest BCUT2D eigenvalue weighted by Gasteiger charge is 2.12. The molecule has 1 heterocycles. The summed E-state index contributed by atoms with van der Waals surface area (Å²) < 4.78 is 1.69. The van der Waals surface area contributed by atoms with Crippen molar-refractivity contribution in [3.63, 3.8) is 0 Å². The molecule has 1 N–H and O–H groups in total. The Kier molecular flexibility index (Phi) is 4.12. The van der Waals surface area contributed by atoms with Crippen molar-refractivity contribution in [3.8, 4) is 0 Å². The highest BCUT2D eigenvalue weighted by molar-refractivity contribution is 5.67. The van der Waals surface area contributed by atoms with E-state index in [1.54, 1.807) is 4.68 Å². The second kappa shape index (κ2) is 5.99. The summed E-state index contributed by atoms with van der Waals surface area (Å²) in [5.41, 5.74) is 0.978. The summed E-state index contributed by atoms with van der Waals surface area (Å²) in [5, 5.41) is 12.9. The van der Waals surface area contributed by atoms with Gasteiger partial charge in [-0.1, -0.05) is 18.2 Å². The highest BCUT2D eigenvalue weighted by Crippen LogP contribution is 2.16. The predicted octanol–water partition coefficient (Wildman–Crippen LogP) is 1.30. The maximum atomic E-state index is 10.7. The first-order valence-electron chi connectivity index (χ1n) is 6.01. The molecule has 0 bridgehead atoms. The number of rotatable bonds is 6. The number of aryl methyl sites for hydroxylation is 1. The van der Waals surface area contributed by atoms with Crippen molar-refractivity contribution in [2.75, 3.05) is 11.4 Å². The number of hydrogen-bond donors (Lipinski definition) is 1. The van der Waals surface area contributed by atoms with Gasteiger partial charge < -0.3 is 10.0 Å². The van der Waals surface area contributed by atoms with Gasteiger partial charge in [-0.2, -0.15) is 5.10 Å². The third-order valence-electron chi connectivity index (χ3n) is 2.85. The summed E-state index contributed by atoms with van der Waals surface area (Å²) in [6.45, 7) is 0.972. The maximum absolute atomic E-state index is 10.7. The van der Waals surface area contributed by atoms with Gasteiger partial charge in [0.25, 0.3) is 0 Å². The summed E-state index contributed by atoms with van der Waals surface area (Å²) in [6.07, 6.45) is 1.59. The van der Waals surface area contributed by atoms with Crippen molar-refractivity contribution in [3.05, 3.63) is 42.5 Å². The molecule has 100 valence electrons. The maximum Gasteiger partial charge on any atom is 0.305 e. The molecule has 1 aromatic carbocycles. The molecule has 0 aliphatic heterocycles. The lowest BCUT2D eigenvalue weighted by Gasteiger charge is -2.23. The SMILES string of the molecule is Cn1ncnc1CN(CCC(=O)O)c1ccccc1. The fourth-order valence-electron chi connectivity index (χ4n) is 1.80. The molecular formula is C13H16N4O2. The standard InChI is InChI=1S/C13H16N4O2/c1-16-12(14-10-15-16)9-17(8-7-13(18)19)11-5-3-2-4-6-11/h2-6,10H,7-9H2,1H3,(H,18,19). The molecule has 0 amide bonds. The Morgan fingerprint density at radius 1 is 1.37 bits per heavy atom. The van der Waals surface area contributed by atoms with E-state index in [0.29, 0.717) is 13.1 Å². The molecule has 0 saturated heterocycles. The quantitative estimate of drug-likeness (QED) is 0.847. The summed E-state index contributed by atoms with van der Waals surface area (Å²) in [7, 11) is 1.82. The van der Waals surface area contributed by atoms with Crippen molar-refractivity contribution in [1.29, 1.82) is 0 Å². The van der Waals surface area contributed by atoms with Crippen molar-refractivity contribution in [2.24, 2.45) is 7.05 Å². The topological polar surface area (TPSA) is 71.2 Å². The zero-order chi connectivity index (χ0) is 13.7. The van der Waals surface area contributed by atoms with Crippen LogP contribution in [-0.2, 0) is 18.4 Å². The van der Waals surface area contributed by atoms with E-state index < -0.39 is 5.97 Å². The fraction of sp³-hybridized carbons (Fsp3) is 0.308. The third-order valence-corrected chi connectivity index (χ3v) is 2.85. The number of hydrogen-bond acceptors (Lipinski definition) is 4. The molecule has 0 aliphatic carbocycles. The van der Waals surface area contributed by atoms with E-state index in [1.807, 2.05) is 42.3 Å². The van der Waals surface area contributed by atoms with Crippen LogP contribution in [0.5, 0.6) is 0 Å². The van der Waals surface area contributed by atoms with Gasteiger partial charge in [-0.25, -0.2) is 4.98 Å². The lowest BCUT2D eigenvalue weighted by molar-refractivity contribution is -0.136. The Morgan fingerprint density at radius 2 is 2.11 bits per heavy atom. The molecule has 0 radical (unpaired) electrons. The first kappa shape index (κ1) is 13.1. The molecule has 0 atom stereocenters. The van der Waals surface area contributed by atoms with Gasteiger partial charge in [-0.15, -0.1) is 0 Å². The van der Waals surface area contributed by atoms with E-state index in [2.05, 4.69) is 10.1 Å². The fourth-order valence-corrected chi connectivity index (χ4v) is 1.80. The van der Waals surface area contributed by atoms with Gasteiger partial charge in [-0.3, -0.25) is 9.48 Å². The Bertz CT molecular complexity index is 539. The highest BCUT2D eigenvalue weighted by atomic mass is 16.4.